The van der Waals surface area contributed by atoms with Gasteiger partial charge < -0.3 is 9.64 Å². The van der Waals surface area contributed by atoms with Gasteiger partial charge >= 0.3 is 5.97 Å². The Morgan fingerprint density at radius 3 is 2.57 bits per heavy atom. The fourth-order valence-corrected chi connectivity index (χ4v) is 2.88. The lowest BCUT2D eigenvalue weighted by atomic mass is 10.0. The van der Waals surface area contributed by atoms with Crippen molar-refractivity contribution in [2.75, 3.05) is 24.6 Å². The minimum Gasteiger partial charge on any atom is -0.465 e. The third kappa shape index (κ3) is 4.52. The molecule has 0 aromatic heterocycles. The largest absolute Gasteiger partial charge is 0.465 e. The summed E-state index contributed by atoms with van der Waals surface area (Å²) in [5.41, 5.74) is 3.23. The number of benzene rings is 1. The van der Waals surface area contributed by atoms with Crippen LogP contribution >= 0.6 is 24.0 Å². The second kappa shape index (κ2) is 8.50. The predicted molar refractivity (Wildman–Crippen MR) is 89.7 cm³/mol. The highest BCUT2D eigenvalue weighted by Crippen LogP contribution is 2.29. The Balaban J connectivity index is 0.00000220. The summed E-state index contributed by atoms with van der Waals surface area (Å²) < 4.78 is 4.96. The Kier molecular flexibility index (Phi) is 7.33. The van der Waals surface area contributed by atoms with Gasteiger partial charge in [-0.25, -0.2) is 0 Å². The summed E-state index contributed by atoms with van der Waals surface area (Å²) >= 11 is 6.16. The van der Waals surface area contributed by atoms with Crippen LogP contribution in [0.25, 0.3) is 0 Å². The van der Waals surface area contributed by atoms with E-state index in [9.17, 15) is 4.79 Å². The van der Waals surface area contributed by atoms with Crippen molar-refractivity contribution in [3.63, 3.8) is 0 Å². The van der Waals surface area contributed by atoms with E-state index in [0.717, 1.165) is 18.7 Å². The van der Waals surface area contributed by atoms with Crippen LogP contribution in [0.2, 0.25) is 0 Å². The normalized spacial score (nSPS) is 16.0. The minimum absolute atomic E-state index is 0. The first kappa shape index (κ1) is 18.1. The standard InChI is InChI=1S/C16H22ClNO2.ClH/c1-3-20-16(19)15(17)13-7-8-14(12(2)11-13)18-9-5-4-6-10-18;/h7-8,11,15H,3-6,9-10H2,1-2H3;1H. The average Bonchev–Trinajstić information content (AvgIpc) is 2.47. The molecule has 0 radical (unpaired) electrons. The van der Waals surface area contributed by atoms with Crippen molar-refractivity contribution in [3.05, 3.63) is 29.3 Å². The Morgan fingerprint density at radius 2 is 2.00 bits per heavy atom. The van der Waals surface area contributed by atoms with Crippen LogP contribution in [0, 0.1) is 6.92 Å². The Hall–Kier alpha value is -0.930. The van der Waals surface area contributed by atoms with Gasteiger partial charge in [-0.15, -0.1) is 24.0 Å². The van der Waals surface area contributed by atoms with E-state index in [1.165, 1.54) is 30.5 Å². The highest BCUT2D eigenvalue weighted by atomic mass is 35.5. The van der Waals surface area contributed by atoms with Crippen LogP contribution in [-0.4, -0.2) is 25.7 Å². The number of halogens is 2. The maximum Gasteiger partial charge on any atom is 0.328 e. The zero-order chi connectivity index (χ0) is 14.5. The SMILES string of the molecule is CCOC(=O)C(Cl)c1ccc(N2CCCCC2)c(C)c1.Cl. The van der Waals surface area contributed by atoms with Crippen LogP contribution in [-0.2, 0) is 9.53 Å². The molecular weight excluding hydrogens is 309 g/mol. The van der Waals surface area contributed by atoms with Crippen molar-refractivity contribution < 1.29 is 9.53 Å². The highest BCUT2D eigenvalue weighted by Gasteiger charge is 2.20. The molecule has 118 valence electrons. The number of carbonyl (C=O) groups is 1. The number of hydrogen-bond donors (Lipinski definition) is 0. The molecule has 21 heavy (non-hydrogen) atoms. The number of anilines is 1. The number of alkyl halides is 1. The molecule has 1 saturated heterocycles. The number of piperidine rings is 1. The number of carbonyl (C=O) groups excluding carboxylic acids is 1. The fourth-order valence-electron chi connectivity index (χ4n) is 2.68. The van der Waals surface area contributed by atoms with Crippen molar-refractivity contribution >= 4 is 35.7 Å². The molecule has 0 amide bonds. The number of esters is 1. The average molecular weight is 332 g/mol. The molecule has 0 N–H and O–H groups in total. The molecule has 3 nitrogen and oxygen atoms in total. The molecule has 1 heterocycles. The molecule has 1 aliphatic rings. The molecule has 1 aromatic rings. The van der Waals surface area contributed by atoms with Gasteiger partial charge in [0.2, 0.25) is 0 Å². The number of hydrogen-bond acceptors (Lipinski definition) is 3. The van der Waals surface area contributed by atoms with Gasteiger partial charge in [0.1, 0.15) is 0 Å². The van der Waals surface area contributed by atoms with E-state index in [2.05, 4.69) is 17.9 Å². The summed E-state index contributed by atoms with van der Waals surface area (Å²) in [6.45, 7) is 6.44. The van der Waals surface area contributed by atoms with Crippen molar-refractivity contribution in [3.8, 4) is 0 Å². The van der Waals surface area contributed by atoms with Crippen LogP contribution < -0.4 is 4.90 Å². The number of ether oxygens (including phenoxy) is 1. The van der Waals surface area contributed by atoms with Crippen LogP contribution in [0.5, 0.6) is 0 Å². The molecule has 1 atom stereocenters. The van der Waals surface area contributed by atoms with Gasteiger partial charge in [-0.05, 0) is 50.3 Å². The van der Waals surface area contributed by atoms with Gasteiger partial charge in [0, 0.05) is 18.8 Å². The third-order valence-electron chi connectivity index (χ3n) is 3.70. The first-order chi connectivity index (χ1) is 9.63. The lowest BCUT2D eigenvalue weighted by Crippen LogP contribution is -2.30. The lowest BCUT2D eigenvalue weighted by molar-refractivity contribution is -0.142. The summed E-state index contributed by atoms with van der Waals surface area (Å²) in [6.07, 6.45) is 3.82. The van der Waals surface area contributed by atoms with Gasteiger partial charge in [-0.2, -0.15) is 0 Å². The van der Waals surface area contributed by atoms with E-state index in [1.807, 2.05) is 12.1 Å². The zero-order valence-electron chi connectivity index (χ0n) is 12.6. The third-order valence-corrected chi connectivity index (χ3v) is 4.13. The monoisotopic (exact) mass is 331 g/mol. The van der Waals surface area contributed by atoms with Gasteiger partial charge in [-0.3, -0.25) is 4.79 Å². The molecular formula is C16H23Cl2NO2. The van der Waals surface area contributed by atoms with Crippen molar-refractivity contribution in [1.29, 1.82) is 0 Å². The van der Waals surface area contributed by atoms with E-state index < -0.39 is 5.38 Å². The second-order valence-electron chi connectivity index (χ2n) is 5.21. The predicted octanol–water partition coefficient (Wildman–Crippen LogP) is 4.25. The smallest absolute Gasteiger partial charge is 0.328 e. The van der Waals surface area contributed by atoms with Crippen molar-refractivity contribution in [1.82, 2.24) is 0 Å². The molecule has 2 rings (SSSR count). The van der Waals surface area contributed by atoms with E-state index in [1.54, 1.807) is 6.92 Å². The molecule has 0 aliphatic carbocycles. The van der Waals surface area contributed by atoms with Crippen LogP contribution in [0.1, 0.15) is 42.7 Å². The summed E-state index contributed by atoms with van der Waals surface area (Å²) in [5, 5.41) is -0.718. The van der Waals surface area contributed by atoms with Gasteiger partial charge in [0.25, 0.3) is 0 Å². The van der Waals surface area contributed by atoms with E-state index in [4.69, 9.17) is 16.3 Å². The number of nitrogens with zero attached hydrogens (tertiary/aromatic N) is 1. The van der Waals surface area contributed by atoms with Crippen LogP contribution in [0.4, 0.5) is 5.69 Å². The topological polar surface area (TPSA) is 29.5 Å². The molecule has 1 fully saturated rings. The van der Waals surface area contributed by atoms with Gasteiger partial charge in [0.05, 0.1) is 6.61 Å². The number of rotatable bonds is 4. The van der Waals surface area contributed by atoms with Crippen LogP contribution in [0.15, 0.2) is 18.2 Å². The molecule has 0 saturated carbocycles. The fraction of sp³-hybridized carbons (Fsp3) is 0.562. The van der Waals surface area contributed by atoms with Crippen molar-refractivity contribution in [2.24, 2.45) is 0 Å². The number of aryl methyl sites for hydroxylation is 1. The maximum absolute atomic E-state index is 11.7. The Bertz CT molecular complexity index is 473. The van der Waals surface area contributed by atoms with Gasteiger partial charge in [-0.1, -0.05) is 12.1 Å². The van der Waals surface area contributed by atoms with E-state index in [0.29, 0.717) is 6.61 Å². The van der Waals surface area contributed by atoms with Gasteiger partial charge in [0.15, 0.2) is 5.38 Å². The maximum atomic E-state index is 11.7. The summed E-state index contributed by atoms with van der Waals surface area (Å²) in [5.74, 6) is -0.376. The zero-order valence-corrected chi connectivity index (χ0v) is 14.2. The first-order valence-electron chi connectivity index (χ1n) is 7.29. The highest BCUT2D eigenvalue weighted by molar-refractivity contribution is 6.30. The molecule has 0 bridgehead atoms. The molecule has 1 aromatic carbocycles. The molecule has 1 aliphatic heterocycles. The van der Waals surface area contributed by atoms with E-state index in [-0.39, 0.29) is 18.4 Å². The Labute approximate surface area is 138 Å². The summed E-state index contributed by atoms with van der Waals surface area (Å²) in [6, 6.07) is 6.01. The van der Waals surface area contributed by atoms with E-state index >= 15 is 0 Å². The van der Waals surface area contributed by atoms with Crippen LogP contribution in [0.3, 0.4) is 0 Å². The second-order valence-corrected chi connectivity index (χ2v) is 5.64. The molecule has 0 spiro atoms. The summed E-state index contributed by atoms with van der Waals surface area (Å²) in [4.78, 5) is 14.1. The quantitative estimate of drug-likeness (QED) is 0.610. The first-order valence-corrected chi connectivity index (χ1v) is 7.73. The molecule has 1 unspecified atom stereocenters. The Morgan fingerprint density at radius 1 is 1.33 bits per heavy atom. The molecule has 5 heteroatoms. The summed E-state index contributed by atoms with van der Waals surface area (Å²) in [7, 11) is 0. The minimum atomic E-state index is -0.718. The van der Waals surface area contributed by atoms with Crippen molar-refractivity contribution in [2.45, 2.75) is 38.5 Å². The lowest BCUT2D eigenvalue weighted by Gasteiger charge is -2.30.